The molecule has 5 rings (SSSR count). The molecule has 2 N–H and O–H groups in total. The number of hydrogen-bond acceptors (Lipinski definition) is 5. The van der Waals surface area contributed by atoms with Crippen molar-refractivity contribution in [1.29, 1.82) is 0 Å². The monoisotopic (exact) mass is 492 g/mol. The van der Waals surface area contributed by atoms with Gasteiger partial charge >= 0.3 is 0 Å². The summed E-state index contributed by atoms with van der Waals surface area (Å²) in [7, 11) is 0. The van der Waals surface area contributed by atoms with Gasteiger partial charge in [0.1, 0.15) is 17.4 Å². The molecule has 1 aliphatic rings. The van der Waals surface area contributed by atoms with Crippen LogP contribution in [0.4, 0.5) is 8.78 Å². The average Bonchev–Trinajstić information content (AvgIpc) is 3.13. The lowest BCUT2D eigenvalue weighted by Gasteiger charge is -2.28. The first-order chi connectivity index (χ1) is 17.0. The number of imidazole rings is 1. The maximum absolute atomic E-state index is 14.0. The van der Waals surface area contributed by atoms with E-state index in [2.05, 4.69) is 15.4 Å². The van der Waals surface area contributed by atoms with E-state index < -0.39 is 23.1 Å². The Labute approximate surface area is 206 Å². The standard InChI is InChI=1S/C27H26F2N4O3/c1-14-6-5-7-19-21(8-9-36-24(14)19)32-26(34)20-13-30-33-23(16-10-17(28)12-18(29)11-16)15(2)31-25(33)22(20)27(3,4)35/h5-7,10-13,21,35H,8-9H2,1-4H3,(H,32,34)/t21-/m0/s1. The minimum absolute atomic E-state index is 0.165. The van der Waals surface area contributed by atoms with Gasteiger partial charge in [0.05, 0.1) is 41.4 Å². The summed E-state index contributed by atoms with van der Waals surface area (Å²) < 4.78 is 35.1. The molecule has 3 heterocycles. The Balaban J connectivity index is 1.61. The van der Waals surface area contributed by atoms with Crippen molar-refractivity contribution >= 4 is 11.6 Å². The fourth-order valence-corrected chi connectivity index (χ4v) is 4.86. The van der Waals surface area contributed by atoms with Crippen LogP contribution in [0.2, 0.25) is 0 Å². The number of ether oxygens (including phenoxy) is 1. The molecule has 0 fully saturated rings. The molecule has 0 spiro atoms. The smallest absolute Gasteiger partial charge is 0.253 e. The molecule has 0 saturated heterocycles. The summed E-state index contributed by atoms with van der Waals surface area (Å²) in [6.07, 6.45) is 1.94. The Bertz CT molecular complexity index is 1490. The lowest BCUT2D eigenvalue weighted by Crippen LogP contribution is -2.34. The zero-order valence-electron chi connectivity index (χ0n) is 20.4. The van der Waals surface area contributed by atoms with Crippen molar-refractivity contribution in [1.82, 2.24) is 19.9 Å². The number of amides is 1. The average molecular weight is 493 g/mol. The van der Waals surface area contributed by atoms with Crippen molar-refractivity contribution in [3.8, 4) is 17.0 Å². The molecular weight excluding hydrogens is 466 g/mol. The van der Waals surface area contributed by atoms with Gasteiger partial charge in [-0.1, -0.05) is 18.2 Å². The molecular formula is C27H26F2N4O3. The van der Waals surface area contributed by atoms with Gasteiger partial charge in [0.25, 0.3) is 5.91 Å². The molecule has 0 unspecified atom stereocenters. The number of carbonyl (C=O) groups is 1. The van der Waals surface area contributed by atoms with Crippen LogP contribution in [0.25, 0.3) is 16.9 Å². The number of fused-ring (bicyclic) bond motifs is 2. The van der Waals surface area contributed by atoms with Gasteiger partial charge in [-0.3, -0.25) is 4.79 Å². The molecule has 9 heteroatoms. The molecule has 1 aliphatic heterocycles. The Morgan fingerprint density at radius 1 is 1.19 bits per heavy atom. The Kier molecular flexibility index (Phi) is 5.75. The number of halogens is 2. The van der Waals surface area contributed by atoms with Crippen LogP contribution < -0.4 is 10.1 Å². The molecule has 0 bridgehead atoms. The van der Waals surface area contributed by atoms with Gasteiger partial charge in [0.2, 0.25) is 0 Å². The molecule has 2 aromatic heterocycles. The van der Waals surface area contributed by atoms with Crippen LogP contribution in [0.15, 0.2) is 42.6 Å². The van der Waals surface area contributed by atoms with E-state index in [0.29, 0.717) is 24.4 Å². The number of para-hydroxylation sites is 1. The highest BCUT2D eigenvalue weighted by molar-refractivity contribution is 5.97. The second kappa shape index (κ2) is 8.67. The Hall–Kier alpha value is -3.85. The highest BCUT2D eigenvalue weighted by Gasteiger charge is 2.32. The van der Waals surface area contributed by atoms with E-state index in [1.165, 1.54) is 22.8 Å². The minimum atomic E-state index is -1.47. The highest BCUT2D eigenvalue weighted by atomic mass is 19.1. The van der Waals surface area contributed by atoms with Gasteiger partial charge in [-0.15, -0.1) is 0 Å². The number of benzene rings is 2. The number of aliphatic hydroxyl groups is 1. The number of aromatic nitrogens is 3. The van der Waals surface area contributed by atoms with Crippen molar-refractivity contribution < 1.29 is 23.4 Å². The summed E-state index contributed by atoms with van der Waals surface area (Å²) in [5.41, 5.74) is 2.13. The second-order valence-corrected chi connectivity index (χ2v) is 9.59. The number of rotatable bonds is 4. The van der Waals surface area contributed by atoms with E-state index in [1.807, 2.05) is 25.1 Å². The highest BCUT2D eigenvalue weighted by Crippen LogP contribution is 2.36. The third kappa shape index (κ3) is 4.09. The summed E-state index contributed by atoms with van der Waals surface area (Å²) in [4.78, 5) is 18.1. The molecule has 0 aliphatic carbocycles. The first-order valence-corrected chi connectivity index (χ1v) is 11.7. The predicted octanol–water partition coefficient (Wildman–Crippen LogP) is 4.77. The summed E-state index contributed by atoms with van der Waals surface area (Å²) in [5.74, 6) is -1.11. The fraction of sp³-hybridized carbons (Fsp3) is 0.296. The van der Waals surface area contributed by atoms with E-state index in [9.17, 15) is 18.7 Å². The van der Waals surface area contributed by atoms with Crippen molar-refractivity contribution in [3.63, 3.8) is 0 Å². The van der Waals surface area contributed by atoms with Gasteiger partial charge in [-0.25, -0.2) is 18.3 Å². The summed E-state index contributed by atoms with van der Waals surface area (Å²) in [6.45, 7) is 7.21. The zero-order valence-corrected chi connectivity index (χ0v) is 20.4. The summed E-state index contributed by atoms with van der Waals surface area (Å²) in [5, 5.41) is 18.5. The van der Waals surface area contributed by atoms with Crippen molar-refractivity contribution in [2.75, 3.05) is 6.61 Å². The Morgan fingerprint density at radius 3 is 2.61 bits per heavy atom. The Morgan fingerprint density at radius 2 is 1.92 bits per heavy atom. The van der Waals surface area contributed by atoms with Crippen molar-refractivity contribution in [2.45, 2.75) is 45.8 Å². The van der Waals surface area contributed by atoms with E-state index in [4.69, 9.17) is 4.74 Å². The molecule has 2 aromatic carbocycles. The van der Waals surface area contributed by atoms with Gasteiger partial charge < -0.3 is 15.2 Å². The van der Waals surface area contributed by atoms with Gasteiger partial charge in [-0.2, -0.15) is 5.10 Å². The lowest BCUT2D eigenvalue weighted by atomic mass is 9.93. The van der Waals surface area contributed by atoms with Crippen molar-refractivity contribution in [3.05, 3.63) is 82.2 Å². The van der Waals surface area contributed by atoms with E-state index in [-0.39, 0.29) is 28.4 Å². The topological polar surface area (TPSA) is 88.8 Å². The normalized spacial score (nSPS) is 15.5. The number of nitrogens with zero attached hydrogens (tertiary/aromatic N) is 3. The predicted molar refractivity (Wildman–Crippen MR) is 130 cm³/mol. The van der Waals surface area contributed by atoms with E-state index in [1.54, 1.807) is 20.8 Å². The molecule has 7 nitrogen and oxygen atoms in total. The van der Waals surface area contributed by atoms with Crippen LogP contribution in [-0.4, -0.2) is 32.2 Å². The molecule has 186 valence electrons. The van der Waals surface area contributed by atoms with Crippen molar-refractivity contribution in [2.24, 2.45) is 0 Å². The van der Waals surface area contributed by atoms with E-state index >= 15 is 0 Å². The zero-order chi connectivity index (χ0) is 25.8. The van der Waals surface area contributed by atoms with Crippen LogP contribution in [0, 0.1) is 25.5 Å². The molecule has 1 amide bonds. The number of nitrogens with one attached hydrogen (secondary N) is 1. The molecule has 0 radical (unpaired) electrons. The maximum Gasteiger partial charge on any atom is 0.253 e. The van der Waals surface area contributed by atoms with Gasteiger partial charge in [-0.05, 0) is 45.4 Å². The quantitative estimate of drug-likeness (QED) is 0.428. The molecule has 1 atom stereocenters. The summed E-state index contributed by atoms with van der Waals surface area (Å²) in [6, 6.07) is 8.69. The largest absolute Gasteiger partial charge is 0.493 e. The lowest BCUT2D eigenvalue weighted by molar-refractivity contribution is 0.0747. The van der Waals surface area contributed by atoms with Crippen LogP contribution in [-0.2, 0) is 5.60 Å². The third-order valence-electron chi connectivity index (χ3n) is 6.39. The summed E-state index contributed by atoms with van der Waals surface area (Å²) >= 11 is 0. The molecule has 36 heavy (non-hydrogen) atoms. The SMILES string of the molecule is Cc1cccc2c1OCC[C@@H]2NC(=O)c1cnn2c(-c3cc(F)cc(F)c3)c(C)nc2c1C(C)(C)O. The van der Waals surface area contributed by atoms with Crippen LogP contribution in [0.5, 0.6) is 5.75 Å². The minimum Gasteiger partial charge on any atom is -0.493 e. The first kappa shape index (κ1) is 23.9. The maximum atomic E-state index is 14.0. The molecule has 0 saturated carbocycles. The first-order valence-electron chi connectivity index (χ1n) is 11.7. The van der Waals surface area contributed by atoms with Gasteiger partial charge in [0, 0.05) is 29.2 Å². The van der Waals surface area contributed by atoms with Crippen LogP contribution in [0.1, 0.15) is 59.1 Å². The van der Waals surface area contributed by atoms with Crippen LogP contribution in [0.3, 0.4) is 0 Å². The number of hydrogen-bond donors (Lipinski definition) is 2. The van der Waals surface area contributed by atoms with Gasteiger partial charge in [0.15, 0.2) is 5.65 Å². The second-order valence-electron chi connectivity index (χ2n) is 9.59. The number of carbonyl (C=O) groups excluding carboxylic acids is 1. The van der Waals surface area contributed by atoms with Crippen LogP contribution >= 0.6 is 0 Å². The third-order valence-corrected chi connectivity index (χ3v) is 6.39. The van der Waals surface area contributed by atoms with E-state index in [0.717, 1.165) is 22.9 Å². The number of aryl methyl sites for hydroxylation is 2. The molecule has 4 aromatic rings. The fourth-order valence-electron chi connectivity index (χ4n) is 4.86.